The number of hydrogen-bond donors (Lipinski definition) is 4. The lowest BCUT2D eigenvalue weighted by Gasteiger charge is -2.26. The van der Waals surface area contributed by atoms with Gasteiger partial charge in [0.2, 0.25) is 0 Å². The summed E-state index contributed by atoms with van der Waals surface area (Å²) >= 11 is 11.1. The van der Waals surface area contributed by atoms with Crippen molar-refractivity contribution in [3.05, 3.63) is 0 Å². The lowest BCUT2D eigenvalue weighted by molar-refractivity contribution is -0.0202. The van der Waals surface area contributed by atoms with Crippen molar-refractivity contribution in [3.8, 4) is 0 Å². The Morgan fingerprint density at radius 3 is 1.30 bits per heavy atom. The van der Waals surface area contributed by atoms with Gasteiger partial charge in [-0.15, -0.1) is 23.2 Å². The number of phosphoric acid groups is 1. The molecule has 0 aliphatic rings. The molecule has 4 N–H and O–H groups in total. The molecule has 122 valence electrons. The molecule has 0 spiro atoms. The quantitative estimate of drug-likeness (QED) is 0.277. The van der Waals surface area contributed by atoms with Crippen LogP contribution in [-0.2, 0) is 18.1 Å². The molecular weight excluding hydrogens is 338 g/mol. The molecular formula is C9H19Cl2O8P. The number of rotatable bonds is 12. The maximum Gasteiger partial charge on any atom is 0.476 e. The van der Waals surface area contributed by atoms with Crippen LogP contribution in [0.25, 0.3) is 0 Å². The highest BCUT2D eigenvalue weighted by Crippen LogP contribution is 2.52. The molecule has 0 saturated heterocycles. The molecule has 0 aromatic heterocycles. The van der Waals surface area contributed by atoms with Crippen molar-refractivity contribution in [1.29, 1.82) is 0 Å². The van der Waals surface area contributed by atoms with Gasteiger partial charge in [0.15, 0.2) is 0 Å². The monoisotopic (exact) mass is 356 g/mol. The molecule has 0 atom stereocenters. The summed E-state index contributed by atoms with van der Waals surface area (Å²) in [7, 11) is -4.30. The Morgan fingerprint density at radius 1 is 0.750 bits per heavy atom. The van der Waals surface area contributed by atoms with E-state index in [1.807, 2.05) is 0 Å². The van der Waals surface area contributed by atoms with Gasteiger partial charge in [-0.25, -0.2) is 4.57 Å². The summed E-state index contributed by atoms with van der Waals surface area (Å²) in [6, 6.07) is 0. The average molecular weight is 357 g/mol. The second-order valence-corrected chi connectivity index (χ2v) is 5.81. The summed E-state index contributed by atoms with van der Waals surface area (Å²) in [4.78, 5) is 0. The van der Waals surface area contributed by atoms with Crippen LogP contribution in [0.3, 0.4) is 0 Å². The smallest absolute Gasteiger partial charge is 0.394 e. The molecule has 11 heteroatoms. The molecule has 0 rings (SSSR count). The Kier molecular flexibility index (Phi) is 11.4. The van der Waals surface area contributed by atoms with E-state index in [2.05, 4.69) is 0 Å². The van der Waals surface area contributed by atoms with Crippen molar-refractivity contribution in [1.82, 2.24) is 0 Å². The largest absolute Gasteiger partial charge is 0.476 e. The van der Waals surface area contributed by atoms with Crippen LogP contribution in [0, 0.1) is 0 Å². The summed E-state index contributed by atoms with van der Waals surface area (Å²) in [6.45, 7) is -2.55. The normalized spacial score (nSPS) is 12.8. The predicted molar refractivity (Wildman–Crippen MR) is 72.0 cm³/mol. The van der Waals surface area contributed by atoms with E-state index in [0.717, 1.165) is 0 Å². The number of hydrogen-bond acceptors (Lipinski definition) is 8. The molecule has 0 aliphatic heterocycles. The van der Waals surface area contributed by atoms with Gasteiger partial charge in [-0.05, 0) is 0 Å². The Labute approximate surface area is 126 Å². The van der Waals surface area contributed by atoms with Crippen molar-refractivity contribution in [2.24, 2.45) is 0 Å². The molecule has 0 bridgehead atoms. The van der Waals surface area contributed by atoms with E-state index in [-0.39, 0.29) is 11.8 Å². The standard InChI is InChI=1S/C9H19Cl2O8P/c10-1-7(2-11)17-20(16,18-8(3-12)4-13)19-9(5-14)6-15/h7-9,12-15H,1-6H2. The van der Waals surface area contributed by atoms with Crippen molar-refractivity contribution in [2.75, 3.05) is 38.2 Å². The Hall–Kier alpha value is 0.530. The minimum Gasteiger partial charge on any atom is -0.394 e. The average Bonchev–Trinajstić information content (AvgIpc) is 2.48. The summed E-state index contributed by atoms with van der Waals surface area (Å²) in [5.41, 5.74) is 0. The van der Waals surface area contributed by atoms with Gasteiger partial charge in [-0.3, -0.25) is 13.6 Å². The van der Waals surface area contributed by atoms with E-state index in [9.17, 15) is 4.57 Å². The van der Waals surface area contributed by atoms with E-state index < -0.39 is 52.6 Å². The van der Waals surface area contributed by atoms with Crippen molar-refractivity contribution in [3.63, 3.8) is 0 Å². The maximum absolute atomic E-state index is 12.4. The fourth-order valence-electron chi connectivity index (χ4n) is 0.969. The fourth-order valence-corrected chi connectivity index (χ4v) is 3.26. The van der Waals surface area contributed by atoms with Gasteiger partial charge in [0.25, 0.3) is 0 Å². The first-order valence-electron chi connectivity index (χ1n) is 5.69. The van der Waals surface area contributed by atoms with Crippen LogP contribution >= 0.6 is 31.0 Å². The zero-order chi connectivity index (χ0) is 15.6. The first-order valence-corrected chi connectivity index (χ1v) is 8.22. The maximum atomic E-state index is 12.4. The Morgan fingerprint density at radius 2 is 1.05 bits per heavy atom. The highest BCUT2D eigenvalue weighted by molar-refractivity contribution is 7.48. The zero-order valence-corrected chi connectivity index (χ0v) is 13.0. The van der Waals surface area contributed by atoms with Gasteiger partial charge in [0, 0.05) is 0 Å². The van der Waals surface area contributed by atoms with Crippen LogP contribution < -0.4 is 0 Å². The first-order chi connectivity index (χ1) is 9.48. The summed E-state index contributed by atoms with van der Waals surface area (Å²) in [6.07, 6.45) is -3.31. The molecule has 20 heavy (non-hydrogen) atoms. The fraction of sp³-hybridized carbons (Fsp3) is 1.00. The second kappa shape index (κ2) is 11.1. The van der Waals surface area contributed by atoms with Crippen LogP contribution in [0.2, 0.25) is 0 Å². The van der Waals surface area contributed by atoms with Crippen molar-refractivity contribution in [2.45, 2.75) is 18.3 Å². The molecule has 0 aromatic rings. The van der Waals surface area contributed by atoms with Crippen molar-refractivity contribution >= 4 is 31.0 Å². The lowest BCUT2D eigenvalue weighted by atomic mass is 10.4. The molecule has 0 amide bonds. The van der Waals surface area contributed by atoms with Crippen LogP contribution in [0.4, 0.5) is 0 Å². The second-order valence-electron chi connectivity index (χ2n) is 3.67. The van der Waals surface area contributed by atoms with Crippen LogP contribution in [0.15, 0.2) is 0 Å². The molecule has 0 unspecified atom stereocenters. The minimum atomic E-state index is -4.30. The molecule has 0 aromatic carbocycles. The first kappa shape index (κ1) is 20.5. The third-order valence-electron chi connectivity index (χ3n) is 1.99. The lowest BCUT2D eigenvalue weighted by Crippen LogP contribution is -2.28. The SMILES string of the molecule is O=P(OC(CO)CO)(OC(CO)CO)OC(CCl)CCl. The van der Waals surface area contributed by atoms with Crippen LogP contribution in [0.5, 0.6) is 0 Å². The number of phosphoric ester groups is 1. The molecule has 0 saturated carbocycles. The van der Waals surface area contributed by atoms with Gasteiger partial charge < -0.3 is 20.4 Å². The third kappa shape index (κ3) is 7.51. The zero-order valence-electron chi connectivity index (χ0n) is 10.6. The van der Waals surface area contributed by atoms with Crippen molar-refractivity contribution < 1.29 is 38.6 Å². The van der Waals surface area contributed by atoms with Gasteiger partial charge in [-0.1, -0.05) is 0 Å². The number of aliphatic hydroxyl groups excluding tert-OH is 4. The summed E-state index contributed by atoms with van der Waals surface area (Å²) < 4.78 is 27.1. The molecule has 0 radical (unpaired) electrons. The van der Waals surface area contributed by atoms with E-state index in [0.29, 0.717) is 0 Å². The third-order valence-corrected chi connectivity index (χ3v) is 4.35. The van der Waals surface area contributed by atoms with E-state index in [1.165, 1.54) is 0 Å². The van der Waals surface area contributed by atoms with Gasteiger partial charge in [0.1, 0.15) is 12.2 Å². The predicted octanol–water partition coefficient (Wildman–Crippen LogP) is -0.303. The van der Waals surface area contributed by atoms with Gasteiger partial charge in [-0.2, -0.15) is 0 Å². The highest BCUT2D eigenvalue weighted by atomic mass is 35.5. The van der Waals surface area contributed by atoms with E-state index in [4.69, 9.17) is 57.2 Å². The van der Waals surface area contributed by atoms with E-state index in [1.54, 1.807) is 0 Å². The number of aliphatic hydroxyl groups is 4. The number of halogens is 2. The Bertz CT molecular complexity index is 240. The van der Waals surface area contributed by atoms with Gasteiger partial charge in [0.05, 0.1) is 44.3 Å². The summed E-state index contributed by atoms with van der Waals surface area (Å²) in [5, 5.41) is 35.7. The van der Waals surface area contributed by atoms with Crippen LogP contribution in [0.1, 0.15) is 0 Å². The molecule has 0 fully saturated rings. The molecule has 8 nitrogen and oxygen atoms in total. The van der Waals surface area contributed by atoms with E-state index >= 15 is 0 Å². The summed E-state index contributed by atoms with van der Waals surface area (Å²) in [5.74, 6) is -0.210. The molecule has 0 heterocycles. The minimum absolute atomic E-state index is 0.105. The number of alkyl halides is 2. The van der Waals surface area contributed by atoms with Gasteiger partial charge >= 0.3 is 7.82 Å². The molecule has 0 aliphatic carbocycles. The van der Waals surface area contributed by atoms with Crippen LogP contribution in [-0.4, -0.2) is 76.9 Å². The topological polar surface area (TPSA) is 126 Å². The highest BCUT2D eigenvalue weighted by Gasteiger charge is 2.36. The Balaban J connectivity index is 4.95.